The van der Waals surface area contributed by atoms with Crippen molar-refractivity contribution >= 4 is 11.6 Å². The van der Waals surface area contributed by atoms with Crippen molar-refractivity contribution < 1.29 is 0 Å². The van der Waals surface area contributed by atoms with Crippen molar-refractivity contribution in [2.75, 3.05) is 0 Å². The highest BCUT2D eigenvalue weighted by molar-refractivity contribution is 6.33. The van der Waals surface area contributed by atoms with Crippen LogP contribution in [0.2, 0.25) is 5.02 Å². The monoisotopic (exact) mass is 486 g/mol. The molecule has 9 heteroatoms. The summed E-state index contributed by atoms with van der Waals surface area (Å²) in [6.45, 7) is 2.88. The molecule has 0 spiro atoms. The molecule has 8 nitrogen and oxygen atoms in total. The van der Waals surface area contributed by atoms with Crippen LogP contribution in [-0.2, 0) is 25.8 Å². The minimum absolute atomic E-state index is 0.454. The zero-order chi connectivity index (χ0) is 24.0. The first-order chi connectivity index (χ1) is 17.2. The Morgan fingerprint density at radius 1 is 0.914 bits per heavy atom. The molecule has 0 saturated carbocycles. The molecule has 5 aromatic rings. The van der Waals surface area contributed by atoms with E-state index >= 15 is 0 Å². The molecule has 0 radical (unpaired) electrons. The normalized spacial score (nSPS) is 11.3. The second kappa shape index (κ2) is 10.7. The van der Waals surface area contributed by atoms with Gasteiger partial charge < -0.3 is 4.57 Å². The molecule has 3 heterocycles. The number of tetrazole rings is 1. The van der Waals surface area contributed by atoms with Crippen LogP contribution < -0.4 is 0 Å². The maximum Gasteiger partial charge on any atom is 0.222 e. The third-order valence-electron chi connectivity index (χ3n) is 5.97. The Hall–Kier alpha value is -3.78. The van der Waals surface area contributed by atoms with Crippen LogP contribution in [0.1, 0.15) is 42.5 Å². The van der Waals surface area contributed by atoms with E-state index in [0.29, 0.717) is 23.1 Å². The molecule has 3 aromatic heterocycles. The van der Waals surface area contributed by atoms with E-state index in [4.69, 9.17) is 21.7 Å². The van der Waals surface area contributed by atoms with Gasteiger partial charge in [-0.1, -0.05) is 67.4 Å². The molecule has 0 unspecified atom stereocenters. The topological polar surface area (TPSA) is 90.1 Å². The number of benzene rings is 2. The first-order valence-corrected chi connectivity index (χ1v) is 12.3. The van der Waals surface area contributed by atoms with Crippen LogP contribution in [0.15, 0.2) is 66.9 Å². The summed E-state index contributed by atoms with van der Waals surface area (Å²) >= 11 is 6.39. The first kappa shape index (κ1) is 23.0. The van der Waals surface area contributed by atoms with Crippen molar-refractivity contribution in [3.8, 4) is 17.2 Å². The molecule has 1 N–H and O–H groups in total. The fraction of sp³-hybridized carbons (Fsp3) is 0.269. The number of hydrogen-bond acceptors (Lipinski definition) is 5. The summed E-state index contributed by atoms with van der Waals surface area (Å²) in [5.74, 6) is 2.41. The van der Waals surface area contributed by atoms with Gasteiger partial charge in [0.1, 0.15) is 11.5 Å². The van der Waals surface area contributed by atoms with Crippen LogP contribution in [-0.4, -0.2) is 40.0 Å². The van der Waals surface area contributed by atoms with Gasteiger partial charge in [0.2, 0.25) is 5.82 Å². The van der Waals surface area contributed by atoms with E-state index in [1.165, 1.54) is 5.56 Å². The van der Waals surface area contributed by atoms with Crippen molar-refractivity contribution in [1.82, 2.24) is 40.0 Å². The SMILES string of the molecule is CCCCc1nc(CCc2ccccc2)nn1Cc1ccc(-n2ccc(Cl)c2-c2nn[nH]n2)cc1. The van der Waals surface area contributed by atoms with Gasteiger partial charge >= 0.3 is 0 Å². The third kappa shape index (κ3) is 5.33. The van der Waals surface area contributed by atoms with Crippen molar-refractivity contribution in [2.45, 2.75) is 45.6 Å². The quantitative estimate of drug-likeness (QED) is 0.297. The molecular weight excluding hydrogens is 460 g/mol. The zero-order valence-corrected chi connectivity index (χ0v) is 20.4. The largest absolute Gasteiger partial charge is 0.312 e. The number of aryl methyl sites for hydroxylation is 3. The number of aromatic nitrogens is 8. The summed E-state index contributed by atoms with van der Waals surface area (Å²) < 4.78 is 4.02. The van der Waals surface area contributed by atoms with Gasteiger partial charge in [0, 0.05) is 24.7 Å². The maximum absolute atomic E-state index is 6.39. The van der Waals surface area contributed by atoms with Gasteiger partial charge in [-0.05, 0) is 47.4 Å². The van der Waals surface area contributed by atoms with Crippen molar-refractivity contribution in [1.29, 1.82) is 0 Å². The number of hydrogen-bond donors (Lipinski definition) is 1. The Morgan fingerprint density at radius 2 is 1.74 bits per heavy atom. The average molecular weight is 487 g/mol. The number of unbranched alkanes of at least 4 members (excludes halogenated alkanes) is 1. The van der Waals surface area contributed by atoms with E-state index in [1.54, 1.807) is 0 Å². The Balaban J connectivity index is 1.34. The predicted molar refractivity (Wildman–Crippen MR) is 136 cm³/mol. The van der Waals surface area contributed by atoms with Gasteiger partial charge in [-0.15, -0.1) is 10.2 Å². The van der Waals surface area contributed by atoms with Gasteiger partial charge in [-0.3, -0.25) is 0 Å². The molecule has 0 bridgehead atoms. The van der Waals surface area contributed by atoms with Crippen LogP contribution in [0, 0.1) is 0 Å². The Morgan fingerprint density at radius 3 is 2.49 bits per heavy atom. The summed E-state index contributed by atoms with van der Waals surface area (Å²) in [6.07, 6.45) is 6.84. The van der Waals surface area contributed by atoms with Gasteiger partial charge in [-0.2, -0.15) is 10.3 Å². The molecule has 5 rings (SSSR count). The van der Waals surface area contributed by atoms with E-state index in [-0.39, 0.29) is 0 Å². The summed E-state index contributed by atoms with van der Waals surface area (Å²) in [7, 11) is 0. The second-order valence-corrected chi connectivity index (χ2v) is 8.88. The van der Waals surface area contributed by atoms with Crippen LogP contribution in [0.4, 0.5) is 0 Å². The number of nitrogens with zero attached hydrogens (tertiary/aromatic N) is 7. The van der Waals surface area contributed by atoms with Crippen molar-refractivity contribution in [3.05, 3.63) is 94.7 Å². The lowest BCUT2D eigenvalue weighted by Crippen LogP contribution is -2.07. The molecule has 0 saturated heterocycles. The lowest BCUT2D eigenvalue weighted by Gasteiger charge is -2.10. The fourth-order valence-electron chi connectivity index (χ4n) is 4.11. The van der Waals surface area contributed by atoms with Crippen molar-refractivity contribution in [2.24, 2.45) is 0 Å². The summed E-state index contributed by atoms with van der Waals surface area (Å²) in [6, 6.07) is 20.7. The molecule has 0 aliphatic heterocycles. The number of rotatable bonds is 10. The number of aromatic amines is 1. The summed E-state index contributed by atoms with van der Waals surface area (Å²) in [5, 5.41) is 19.7. The highest BCUT2D eigenvalue weighted by Crippen LogP contribution is 2.29. The average Bonchev–Trinajstić information content (AvgIpc) is 3.63. The van der Waals surface area contributed by atoms with Gasteiger partial charge in [-0.25, -0.2) is 9.67 Å². The van der Waals surface area contributed by atoms with Gasteiger partial charge in [0.05, 0.1) is 11.6 Å². The number of halogens is 1. The molecule has 0 aliphatic carbocycles. The summed E-state index contributed by atoms with van der Waals surface area (Å²) in [4.78, 5) is 4.88. The molecule has 2 aromatic carbocycles. The Kier molecular flexibility index (Phi) is 6.99. The number of H-pyrrole nitrogens is 1. The second-order valence-electron chi connectivity index (χ2n) is 8.48. The minimum atomic E-state index is 0.454. The number of nitrogens with one attached hydrogen (secondary N) is 1. The van der Waals surface area contributed by atoms with Gasteiger partial charge in [0.15, 0.2) is 5.82 Å². The van der Waals surface area contributed by atoms with E-state index in [2.05, 4.69) is 80.8 Å². The lowest BCUT2D eigenvalue weighted by atomic mass is 10.1. The molecule has 35 heavy (non-hydrogen) atoms. The lowest BCUT2D eigenvalue weighted by molar-refractivity contribution is 0.613. The predicted octanol–water partition coefficient (Wildman–Crippen LogP) is 5.08. The summed E-state index contributed by atoms with van der Waals surface area (Å²) in [5.41, 5.74) is 4.13. The molecular formula is C26H27ClN8. The van der Waals surface area contributed by atoms with Crippen LogP contribution in [0.25, 0.3) is 17.2 Å². The van der Waals surface area contributed by atoms with E-state index in [1.807, 2.05) is 22.9 Å². The van der Waals surface area contributed by atoms with E-state index in [0.717, 1.165) is 55.0 Å². The van der Waals surface area contributed by atoms with Crippen LogP contribution in [0.3, 0.4) is 0 Å². The van der Waals surface area contributed by atoms with E-state index < -0.39 is 0 Å². The Labute approximate surface area is 209 Å². The van der Waals surface area contributed by atoms with E-state index in [9.17, 15) is 0 Å². The van der Waals surface area contributed by atoms with Gasteiger partial charge in [0.25, 0.3) is 0 Å². The van der Waals surface area contributed by atoms with Crippen molar-refractivity contribution in [3.63, 3.8) is 0 Å². The Bertz CT molecular complexity index is 1350. The fourth-order valence-corrected chi connectivity index (χ4v) is 4.35. The molecule has 0 aliphatic rings. The highest BCUT2D eigenvalue weighted by atomic mass is 35.5. The minimum Gasteiger partial charge on any atom is -0.312 e. The zero-order valence-electron chi connectivity index (χ0n) is 19.6. The molecule has 0 atom stereocenters. The smallest absolute Gasteiger partial charge is 0.222 e. The molecule has 0 fully saturated rings. The maximum atomic E-state index is 6.39. The molecule has 178 valence electrons. The molecule has 0 amide bonds. The third-order valence-corrected chi connectivity index (χ3v) is 6.27. The van der Waals surface area contributed by atoms with Crippen LogP contribution >= 0.6 is 11.6 Å². The standard InChI is InChI=1S/C26H27ClN8/c1-2-3-9-24-28-23(15-12-19-7-5-4-6-8-19)31-35(24)18-20-10-13-21(14-11-20)34-17-16-22(27)25(34)26-29-32-33-30-26/h4-8,10-11,13-14,16-17H,2-3,9,12,15,18H2,1H3,(H,29,30,32,33). The first-order valence-electron chi connectivity index (χ1n) is 11.9. The van der Waals surface area contributed by atoms with Crippen LogP contribution in [0.5, 0.6) is 0 Å². The highest BCUT2D eigenvalue weighted by Gasteiger charge is 2.16.